The summed E-state index contributed by atoms with van der Waals surface area (Å²) < 4.78 is 16.9. The van der Waals surface area contributed by atoms with Gasteiger partial charge in [-0.25, -0.2) is 0 Å². The van der Waals surface area contributed by atoms with E-state index in [2.05, 4.69) is 41.5 Å². The molecule has 0 aromatic heterocycles. The Bertz CT molecular complexity index is 740. The zero-order chi connectivity index (χ0) is 21.5. The second kappa shape index (κ2) is 10.6. The molecule has 0 atom stereocenters. The lowest BCUT2D eigenvalue weighted by Gasteiger charge is -2.37. The highest BCUT2D eigenvalue weighted by molar-refractivity contribution is 5.80. The molecule has 7 heteroatoms. The molecule has 2 N–H and O–H groups in total. The maximum atomic E-state index is 5.70. The third kappa shape index (κ3) is 5.44. The number of nitrogens with zero attached hydrogens (tertiary/aromatic N) is 2. The molecular weight excluding hydrogens is 392 g/mol. The second-order valence-electron chi connectivity index (χ2n) is 8.92. The van der Waals surface area contributed by atoms with E-state index in [1.807, 2.05) is 6.07 Å². The molecule has 3 aliphatic rings. The number of piperidine rings is 1. The molecule has 3 heterocycles. The Morgan fingerprint density at radius 3 is 2.65 bits per heavy atom. The van der Waals surface area contributed by atoms with Crippen LogP contribution >= 0.6 is 0 Å². The third-order valence-corrected chi connectivity index (χ3v) is 6.79. The lowest BCUT2D eigenvalue weighted by atomic mass is 9.74. The largest absolute Gasteiger partial charge is 0.454 e. The quantitative estimate of drug-likeness (QED) is 0.512. The lowest BCUT2D eigenvalue weighted by molar-refractivity contribution is 0.0530. The molecule has 0 aliphatic carbocycles. The average molecular weight is 431 g/mol. The summed E-state index contributed by atoms with van der Waals surface area (Å²) in [6.45, 7) is 11.4. The van der Waals surface area contributed by atoms with E-state index in [1.54, 1.807) is 0 Å². The summed E-state index contributed by atoms with van der Waals surface area (Å²) in [6, 6.07) is 6.85. The molecule has 3 aliphatic heterocycles. The minimum absolute atomic E-state index is 0.0356. The number of hydrogen-bond acceptors (Lipinski definition) is 5. The van der Waals surface area contributed by atoms with Crippen molar-refractivity contribution in [1.29, 1.82) is 0 Å². The van der Waals surface area contributed by atoms with Gasteiger partial charge in [-0.05, 0) is 63.3 Å². The van der Waals surface area contributed by atoms with Crippen LogP contribution in [0.25, 0.3) is 0 Å². The van der Waals surface area contributed by atoms with E-state index in [4.69, 9.17) is 19.2 Å². The van der Waals surface area contributed by atoms with Crippen molar-refractivity contribution in [2.24, 2.45) is 4.99 Å². The molecule has 31 heavy (non-hydrogen) atoms. The Labute approximate surface area is 186 Å². The number of likely N-dealkylation sites (tertiary alicyclic amines) is 1. The smallest absolute Gasteiger partial charge is 0.231 e. The Hall–Kier alpha value is -1.99. The van der Waals surface area contributed by atoms with E-state index < -0.39 is 0 Å². The fourth-order valence-corrected chi connectivity index (χ4v) is 4.89. The minimum atomic E-state index is -0.0356. The molecule has 2 fully saturated rings. The summed E-state index contributed by atoms with van der Waals surface area (Å²) in [6.07, 6.45) is 5.50. The minimum Gasteiger partial charge on any atom is -0.454 e. The number of rotatable bonds is 7. The van der Waals surface area contributed by atoms with Crippen molar-refractivity contribution in [2.45, 2.75) is 57.4 Å². The highest BCUT2D eigenvalue weighted by Crippen LogP contribution is 2.41. The van der Waals surface area contributed by atoms with Crippen molar-refractivity contribution >= 4 is 5.96 Å². The summed E-state index contributed by atoms with van der Waals surface area (Å²) in [7, 11) is 0. The number of guanidine groups is 1. The molecule has 0 amide bonds. The van der Waals surface area contributed by atoms with Crippen molar-refractivity contribution in [2.75, 3.05) is 52.7 Å². The second-order valence-corrected chi connectivity index (χ2v) is 8.92. The van der Waals surface area contributed by atoms with Crippen LogP contribution in [0.5, 0.6) is 11.5 Å². The number of aliphatic imine (C=N–C) groups is 1. The summed E-state index contributed by atoms with van der Waals surface area (Å²) in [5, 5.41) is 7.17. The summed E-state index contributed by atoms with van der Waals surface area (Å²) in [5.74, 6) is 2.61. The van der Waals surface area contributed by atoms with E-state index in [1.165, 1.54) is 44.5 Å². The Kier molecular flexibility index (Phi) is 7.56. The van der Waals surface area contributed by atoms with Crippen molar-refractivity contribution < 1.29 is 14.2 Å². The molecule has 2 saturated heterocycles. The number of fused-ring (bicyclic) bond motifs is 1. The van der Waals surface area contributed by atoms with Gasteiger partial charge in [0.2, 0.25) is 6.79 Å². The third-order valence-electron chi connectivity index (χ3n) is 6.79. The van der Waals surface area contributed by atoms with Gasteiger partial charge in [0.1, 0.15) is 0 Å². The van der Waals surface area contributed by atoms with Crippen LogP contribution in [0.1, 0.15) is 51.5 Å². The first-order valence-electron chi connectivity index (χ1n) is 12.0. The van der Waals surface area contributed by atoms with E-state index in [9.17, 15) is 0 Å². The number of hydrogen-bond donors (Lipinski definition) is 2. The van der Waals surface area contributed by atoms with Crippen molar-refractivity contribution in [3.05, 3.63) is 23.8 Å². The van der Waals surface area contributed by atoms with Gasteiger partial charge in [0.15, 0.2) is 17.5 Å². The first kappa shape index (κ1) is 22.2. The SMILES string of the molecule is CCCN1CCC(NC(=NCC2(c3ccc4c(c3)OCO4)CCOCC2)NCC)CC1. The maximum Gasteiger partial charge on any atom is 0.231 e. The van der Waals surface area contributed by atoms with Gasteiger partial charge in [0, 0.05) is 44.3 Å². The summed E-state index contributed by atoms with van der Waals surface area (Å²) >= 11 is 0. The number of nitrogens with one attached hydrogen (secondary N) is 2. The molecule has 4 rings (SSSR count). The van der Waals surface area contributed by atoms with Gasteiger partial charge in [-0.3, -0.25) is 4.99 Å². The van der Waals surface area contributed by atoms with Crippen molar-refractivity contribution in [3.8, 4) is 11.5 Å². The maximum absolute atomic E-state index is 5.70. The highest BCUT2D eigenvalue weighted by atomic mass is 16.7. The molecule has 0 radical (unpaired) electrons. The molecule has 0 saturated carbocycles. The van der Waals surface area contributed by atoms with Crippen LogP contribution in [0.2, 0.25) is 0 Å². The molecule has 0 spiro atoms. The van der Waals surface area contributed by atoms with Crippen LogP contribution in [-0.4, -0.2) is 69.6 Å². The zero-order valence-corrected chi connectivity index (χ0v) is 19.1. The first-order valence-corrected chi connectivity index (χ1v) is 12.0. The molecule has 1 aromatic carbocycles. The van der Waals surface area contributed by atoms with Gasteiger partial charge in [-0.2, -0.15) is 0 Å². The van der Waals surface area contributed by atoms with E-state index in [0.29, 0.717) is 12.8 Å². The summed E-state index contributed by atoms with van der Waals surface area (Å²) in [4.78, 5) is 7.65. The van der Waals surface area contributed by atoms with Gasteiger partial charge in [0.05, 0.1) is 6.54 Å². The molecule has 172 valence electrons. The van der Waals surface area contributed by atoms with E-state index in [-0.39, 0.29) is 5.41 Å². The molecule has 1 aromatic rings. The van der Waals surface area contributed by atoms with Gasteiger partial charge in [-0.15, -0.1) is 0 Å². The lowest BCUT2D eigenvalue weighted by Crippen LogP contribution is -2.49. The molecule has 0 unspecified atom stereocenters. The molecule has 7 nitrogen and oxygen atoms in total. The molecular formula is C24H38N4O3. The van der Waals surface area contributed by atoms with Crippen LogP contribution < -0.4 is 20.1 Å². The Balaban J connectivity index is 1.46. The normalized spacial score (nSPS) is 21.8. The van der Waals surface area contributed by atoms with Gasteiger partial charge in [-0.1, -0.05) is 13.0 Å². The number of ether oxygens (including phenoxy) is 3. The summed E-state index contributed by atoms with van der Waals surface area (Å²) in [5.41, 5.74) is 1.24. The van der Waals surface area contributed by atoms with Crippen molar-refractivity contribution in [3.63, 3.8) is 0 Å². The highest BCUT2D eigenvalue weighted by Gasteiger charge is 2.36. The van der Waals surface area contributed by atoms with Gasteiger partial charge < -0.3 is 29.7 Å². The average Bonchev–Trinajstić information content (AvgIpc) is 3.28. The van der Waals surface area contributed by atoms with Crippen molar-refractivity contribution in [1.82, 2.24) is 15.5 Å². The predicted octanol–water partition coefficient (Wildman–Crippen LogP) is 2.89. The standard InChI is InChI=1S/C24H38N4O3/c1-3-11-28-12-7-20(8-13-28)27-23(25-4-2)26-17-24(9-14-29-15-10-24)19-5-6-21-22(16-19)31-18-30-21/h5-6,16,20H,3-4,7-15,17-18H2,1-2H3,(H2,25,26,27). The van der Waals surface area contributed by atoms with Gasteiger partial charge in [0.25, 0.3) is 0 Å². The van der Waals surface area contributed by atoms with Crippen LogP contribution in [0, 0.1) is 0 Å². The van der Waals surface area contributed by atoms with Crippen LogP contribution in [0.3, 0.4) is 0 Å². The van der Waals surface area contributed by atoms with Crippen LogP contribution in [0.4, 0.5) is 0 Å². The topological polar surface area (TPSA) is 67.4 Å². The van der Waals surface area contributed by atoms with Gasteiger partial charge >= 0.3 is 0 Å². The Morgan fingerprint density at radius 2 is 1.90 bits per heavy atom. The van der Waals surface area contributed by atoms with E-state index >= 15 is 0 Å². The monoisotopic (exact) mass is 430 g/mol. The molecule has 0 bridgehead atoms. The fraction of sp³-hybridized carbons (Fsp3) is 0.708. The fourth-order valence-electron chi connectivity index (χ4n) is 4.89. The number of benzene rings is 1. The first-order chi connectivity index (χ1) is 15.2. The van der Waals surface area contributed by atoms with E-state index in [0.717, 1.165) is 56.6 Å². The van der Waals surface area contributed by atoms with Crippen LogP contribution in [-0.2, 0) is 10.2 Å². The Morgan fingerprint density at radius 1 is 1.13 bits per heavy atom. The zero-order valence-electron chi connectivity index (χ0n) is 19.1. The van der Waals surface area contributed by atoms with Crippen LogP contribution in [0.15, 0.2) is 23.2 Å². The predicted molar refractivity (Wildman–Crippen MR) is 123 cm³/mol.